The van der Waals surface area contributed by atoms with Crippen LogP contribution in [0.3, 0.4) is 0 Å². The predicted octanol–water partition coefficient (Wildman–Crippen LogP) is 2.77. The Hall–Kier alpha value is -0.630. The average Bonchev–Trinajstić information content (AvgIpc) is 2.17. The van der Waals surface area contributed by atoms with Crippen LogP contribution in [0.1, 0.15) is 12.0 Å². The van der Waals surface area contributed by atoms with Crippen molar-refractivity contribution in [3.05, 3.63) is 23.8 Å². The van der Waals surface area contributed by atoms with E-state index in [4.69, 9.17) is 0 Å². The van der Waals surface area contributed by atoms with Crippen molar-refractivity contribution in [1.29, 1.82) is 0 Å². The summed E-state index contributed by atoms with van der Waals surface area (Å²) in [4.78, 5) is 1.43. The lowest BCUT2D eigenvalue weighted by molar-refractivity contribution is 0.815. The summed E-state index contributed by atoms with van der Waals surface area (Å²) in [5.41, 5.74) is 2.85. The van der Waals surface area contributed by atoms with Crippen LogP contribution in [0.4, 0.5) is 5.69 Å². The van der Waals surface area contributed by atoms with Crippen LogP contribution in [0.2, 0.25) is 0 Å². The van der Waals surface area contributed by atoms with Gasteiger partial charge in [0.1, 0.15) is 0 Å². The molecule has 0 unspecified atom stereocenters. The van der Waals surface area contributed by atoms with Gasteiger partial charge >= 0.3 is 0 Å². The van der Waals surface area contributed by atoms with E-state index in [1.54, 1.807) is 0 Å². The number of thioether (sulfide) groups is 1. The van der Waals surface area contributed by atoms with Gasteiger partial charge in [-0.3, -0.25) is 0 Å². The van der Waals surface area contributed by atoms with Gasteiger partial charge in [0.15, 0.2) is 0 Å². The first-order valence-corrected chi connectivity index (χ1v) is 5.54. The summed E-state index contributed by atoms with van der Waals surface area (Å²) < 4.78 is 0. The molecule has 1 heterocycles. The summed E-state index contributed by atoms with van der Waals surface area (Å²) in [6.07, 6.45) is 4.65. The monoisotopic (exact) mass is 179 g/mol. The van der Waals surface area contributed by atoms with Gasteiger partial charge in [-0.2, -0.15) is 0 Å². The average molecular weight is 179 g/mol. The van der Waals surface area contributed by atoms with Gasteiger partial charge in [-0.05, 0) is 36.8 Å². The molecule has 0 amide bonds. The zero-order valence-electron chi connectivity index (χ0n) is 7.26. The summed E-state index contributed by atoms with van der Waals surface area (Å²) in [5.74, 6) is 0. The maximum absolute atomic E-state index is 3.42. The Morgan fingerprint density at radius 1 is 1.42 bits per heavy atom. The van der Waals surface area contributed by atoms with Crippen molar-refractivity contribution in [2.24, 2.45) is 0 Å². The van der Waals surface area contributed by atoms with Crippen molar-refractivity contribution in [3.8, 4) is 0 Å². The quantitative estimate of drug-likeness (QED) is 0.665. The van der Waals surface area contributed by atoms with Crippen LogP contribution in [-0.2, 0) is 6.42 Å². The molecule has 1 nitrogen and oxygen atoms in total. The second-order valence-electron chi connectivity index (χ2n) is 3.02. The van der Waals surface area contributed by atoms with Crippen LogP contribution in [0, 0.1) is 0 Å². The Morgan fingerprint density at radius 2 is 2.33 bits per heavy atom. The molecule has 1 aromatic carbocycles. The van der Waals surface area contributed by atoms with Crippen LogP contribution in [0.15, 0.2) is 23.1 Å². The molecule has 0 saturated carbocycles. The summed E-state index contributed by atoms with van der Waals surface area (Å²) in [5, 5.41) is 3.42. The molecule has 1 aliphatic rings. The highest BCUT2D eigenvalue weighted by atomic mass is 32.2. The van der Waals surface area contributed by atoms with Crippen LogP contribution in [-0.4, -0.2) is 12.8 Å². The molecule has 1 aliphatic heterocycles. The Morgan fingerprint density at radius 3 is 3.17 bits per heavy atom. The molecule has 2 heteroatoms. The van der Waals surface area contributed by atoms with Gasteiger partial charge in [0.05, 0.1) is 0 Å². The van der Waals surface area contributed by atoms with Crippen LogP contribution >= 0.6 is 11.8 Å². The third kappa shape index (κ3) is 1.31. The van der Waals surface area contributed by atoms with E-state index in [9.17, 15) is 0 Å². The summed E-state index contributed by atoms with van der Waals surface area (Å²) >= 11 is 1.84. The lowest BCUT2D eigenvalue weighted by Crippen LogP contribution is -2.12. The van der Waals surface area contributed by atoms with E-state index in [0.29, 0.717) is 0 Å². The highest BCUT2D eigenvalue weighted by Crippen LogP contribution is 2.30. The van der Waals surface area contributed by atoms with Crippen molar-refractivity contribution in [3.63, 3.8) is 0 Å². The predicted molar refractivity (Wildman–Crippen MR) is 55.0 cm³/mol. The molecular weight excluding hydrogens is 166 g/mol. The van der Waals surface area contributed by atoms with Crippen molar-refractivity contribution < 1.29 is 0 Å². The molecular formula is C10H13NS. The molecule has 0 aromatic heterocycles. The zero-order chi connectivity index (χ0) is 8.39. The van der Waals surface area contributed by atoms with Gasteiger partial charge in [-0.1, -0.05) is 6.07 Å². The standard InChI is InChI=1S/C10H13NS/c1-12-10-6-2-5-9-8(10)4-3-7-11-9/h2,5-6,11H,3-4,7H2,1H3. The SMILES string of the molecule is CSc1cccc2c1CCCN2. The minimum absolute atomic E-state index is 1.13. The molecule has 0 atom stereocenters. The normalized spacial score (nSPS) is 15.1. The largest absolute Gasteiger partial charge is 0.385 e. The van der Waals surface area contributed by atoms with Crippen molar-refractivity contribution in [1.82, 2.24) is 0 Å². The molecule has 12 heavy (non-hydrogen) atoms. The molecule has 1 N–H and O–H groups in total. The fourth-order valence-electron chi connectivity index (χ4n) is 1.67. The van der Waals surface area contributed by atoms with E-state index in [2.05, 4.69) is 29.8 Å². The lowest BCUT2D eigenvalue weighted by atomic mass is 10.0. The molecule has 0 radical (unpaired) electrons. The smallest absolute Gasteiger partial charge is 0.0383 e. The van der Waals surface area contributed by atoms with Gasteiger partial charge in [0.2, 0.25) is 0 Å². The molecule has 0 aliphatic carbocycles. The highest BCUT2D eigenvalue weighted by molar-refractivity contribution is 7.98. The van der Waals surface area contributed by atoms with Crippen LogP contribution in [0.5, 0.6) is 0 Å². The summed E-state index contributed by atoms with van der Waals surface area (Å²) in [6, 6.07) is 6.51. The summed E-state index contributed by atoms with van der Waals surface area (Å²) in [7, 11) is 0. The van der Waals surface area contributed by atoms with Gasteiger partial charge in [0, 0.05) is 17.1 Å². The number of hydrogen-bond donors (Lipinski definition) is 1. The van der Waals surface area contributed by atoms with Gasteiger partial charge < -0.3 is 5.32 Å². The minimum atomic E-state index is 1.13. The van der Waals surface area contributed by atoms with Gasteiger partial charge in [-0.25, -0.2) is 0 Å². The number of hydrogen-bond acceptors (Lipinski definition) is 2. The minimum Gasteiger partial charge on any atom is -0.385 e. The van der Waals surface area contributed by atoms with Gasteiger partial charge in [0.25, 0.3) is 0 Å². The third-order valence-electron chi connectivity index (χ3n) is 2.27. The number of benzene rings is 1. The second-order valence-corrected chi connectivity index (χ2v) is 3.86. The van der Waals surface area contributed by atoms with E-state index < -0.39 is 0 Å². The van der Waals surface area contributed by atoms with Crippen molar-refractivity contribution >= 4 is 17.4 Å². The molecule has 1 aromatic rings. The van der Waals surface area contributed by atoms with E-state index in [1.807, 2.05) is 11.8 Å². The lowest BCUT2D eigenvalue weighted by Gasteiger charge is -2.19. The van der Waals surface area contributed by atoms with E-state index in [1.165, 1.54) is 29.0 Å². The molecule has 0 spiro atoms. The second kappa shape index (κ2) is 3.40. The van der Waals surface area contributed by atoms with Crippen LogP contribution < -0.4 is 5.32 Å². The van der Waals surface area contributed by atoms with Crippen LogP contribution in [0.25, 0.3) is 0 Å². The first kappa shape index (κ1) is 7.99. The van der Waals surface area contributed by atoms with E-state index in [0.717, 1.165) is 6.54 Å². The zero-order valence-corrected chi connectivity index (χ0v) is 8.08. The fourth-order valence-corrected chi connectivity index (χ4v) is 2.34. The molecule has 64 valence electrons. The van der Waals surface area contributed by atoms with E-state index in [-0.39, 0.29) is 0 Å². The molecule has 0 saturated heterocycles. The number of fused-ring (bicyclic) bond motifs is 1. The maximum Gasteiger partial charge on any atom is 0.0383 e. The van der Waals surface area contributed by atoms with Gasteiger partial charge in [-0.15, -0.1) is 11.8 Å². The Labute approximate surface area is 77.6 Å². The van der Waals surface area contributed by atoms with E-state index >= 15 is 0 Å². The Balaban J connectivity index is 2.44. The Kier molecular flexibility index (Phi) is 2.26. The molecule has 0 fully saturated rings. The molecule has 0 bridgehead atoms. The Bertz CT molecular complexity index is 269. The topological polar surface area (TPSA) is 12.0 Å². The summed E-state index contributed by atoms with van der Waals surface area (Å²) in [6.45, 7) is 1.13. The van der Waals surface area contributed by atoms with Crippen molar-refractivity contribution in [2.75, 3.05) is 18.1 Å². The first-order chi connectivity index (χ1) is 5.92. The maximum atomic E-state index is 3.42. The molecule has 2 rings (SSSR count). The first-order valence-electron chi connectivity index (χ1n) is 4.31. The van der Waals surface area contributed by atoms with Crippen molar-refractivity contribution in [2.45, 2.75) is 17.7 Å². The number of anilines is 1. The third-order valence-corrected chi connectivity index (χ3v) is 3.09. The number of rotatable bonds is 1. The highest BCUT2D eigenvalue weighted by Gasteiger charge is 2.10. The number of nitrogens with one attached hydrogen (secondary N) is 1. The fraction of sp³-hybridized carbons (Fsp3) is 0.400.